The van der Waals surface area contributed by atoms with Gasteiger partial charge in [-0.05, 0) is 44.4 Å². The fourth-order valence-electron chi connectivity index (χ4n) is 3.49. The summed E-state index contributed by atoms with van der Waals surface area (Å²) in [6, 6.07) is 0. The number of nitro groups is 1. The van der Waals surface area contributed by atoms with Crippen LogP contribution in [0.5, 0.6) is 0 Å². The van der Waals surface area contributed by atoms with Crippen molar-refractivity contribution in [1.29, 1.82) is 0 Å². The monoisotopic (exact) mass is 241 g/mol. The van der Waals surface area contributed by atoms with Crippen LogP contribution in [0.25, 0.3) is 0 Å². The van der Waals surface area contributed by atoms with Crippen molar-refractivity contribution in [3.63, 3.8) is 0 Å². The van der Waals surface area contributed by atoms with Gasteiger partial charge in [0.2, 0.25) is 6.54 Å². The van der Waals surface area contributed by atoms with Gasteiger partial charge in [0, 0.05) is 10.3 Å². The number of rotatable bonds is 5. The van der Waals surface area contributed by atoms with E-state index in [0.717, 1.165) is 12.8 Å². The Bertz CT molecular complexity index is 316. The summed E-state index contributed by atoms with van der Waals surface area (Å²) in [5.41, 5.74) is -0.429. The first-order valence-corrected chi connectivity index (χ1v) is 6.32. The molecule has 0 saturated heterocycles. The van der Waals surface area contributed by atoms with Crippen LogP contribution in [0.2, 0.25) is 0 Å². The Morgan fingerprint density at radius 1 is 1.41 bits per heavy atom. The number of esters is 1. The zero-order chi connectivity index (χ0) is 12.5. The van der Waals surface area contributed by atoms with Crippen molar-refractivity contribution in [3.05, 3.63) is 10.1 Å². The molecule has 2 fully saturated rings. The van der Waals surface area contributed by atoms with Gasteiger partial charge < -0.3 is 4.74 Å². The molecule has 2 aliphatic rings. The highest BCUT2D eigenvalue weighted by molar-refractivity contribution is 5.70. The first-order chi connectivity index (χ1) is 8.04. The van der Waals surface area contributed by atoms with Gasteiger partial charge in [0.15, 0.2) is 0 Å². The summed E-state index contributed by atoms with van der Waals surface area (Å²) in [7, 11) is 0. The standard InChI is InChI=1S/C12H19NO4/c1-2-17-11(14)7-12(8-13(15)16)5-9-3-4-10(9)6-12/h9-10H,2-8H2,1H3/t9-,10+,12-. The third-order valence-corrected chi connectivity index (χ3v) is 4.25. The van der Waals surface area contributed by atoms with Crippen LogP contribution in [-0.2, 0) is 9.53 Å². The molecule has 96 valence electrons. The minimum absolute atomic E-state index is 0.0845. The summed E-state index contributed by atoms with van der Waals surface area (Å²) in [6.07, 6.45) is 4.23. The molecule has 5 heteroatoms. The molecular formula is C12H19NO4. The van der Waals surface area contributed by atoms with Crippen LogP contribution in [0, 0.1) is 27.4 Å². The van der Waals surface area contributed by atoms with Crippen molar-refractivity contribution in [3.8, 4) is 0 Å². The third-order valence-electron chi connectivity index (χ3n) is 4.25. The van der Waals surface area contributed by atoms with E-state index in [1.165, 1.54) is 12.8 Å². The quantitative estimate of drug-likeness (QED) is 0.419. The highest BCUT2D eigenvalue weighted by atomic mass is 16.6. The van der Waals surface area contributed by atoms with E-state index in [1.54, 1.807) is 6.92 Å². The van der Waals surface area contributed by atoms with Gasteiger partial charge in [0.25, 0.3) is 0 Å². The number of ether oxygens (including phenoxy) is 1. The SMILES string of the molecule is CCOC(=O)C[C@@]1(C[N+](=O)[O-])C[C@H]2CC[C@H]2C1. The van der Waals surface area contributed by atoms with Crippen molar-refractivity contribution in [1.82, 2.24) is 0 Å². The molecule has 2 aliphatic carbocycles. The molecule has 5 nitrogen and oxygen atoms in total. The molecule has 0 aromatic rings. The van der Waals surface area contributed by atoms with Crippen molar-refractivity contribution in [2.24, 2.45) is 17.3 Å². The van der Waals surface area contributed by atoms with Gasteiger partial charge in [-0.3, -0.25) is 14.9 Å². The molecule has 0 spiro atoms. The van der Waals surface area contributed by atoms with Gasteiger partial charge in [-0.15, -0.1) is 0 Å². The molecular weight excluding hydrogens is 222 g/mol. The van der Waals surface area contributed by atoms with E-state index in [2.05, 4.69) is 0 Å². The van der Waals surface area contributed by atoms with Gasteiger partial charge >= 0.3 is 5.97 Å². The molecule has 2 rings (SSSR count). The average Bonchev–Trinajstić information content (AvgIpc) is 2.41. The number of hydrogen-bond donors (Lipinski definition) is 0. The van der Waals surface area contributed by atoms with Gasteiger partial charge in [0.1, 0.15) is 0 Å². The van der Waals surface area contributed by atoms with Crippen LogP contribution < -0.4 is 0 Å². The lowest BCUT2D eigenvalue weighted by atomic mass is 9.77. The van der Waals surface area contributed by atoms with E-state index >= 15 is 0 Å². The Morgan fingerprint density at radius 2 is 2.00 bits per heavy atom. The molecule has 0 heterocycles. The van der Waals surface area contributed by atoms with E-state index in [0.29, 0.717) is 18.4 Å². The van der Waals surface area contributed by atoms with Crippen molar-refractivity contribution < 1.29 is 14.5 Å². The van der Waals surface area contributed by atoms with E-state index in [9.17, 15) is 14.9 Å². The minimum atomic E-state index is -0.429. The topological polar surface area (TPSA) is 69.4 Å². The van der Waals surface area contributed by atoms with Crippen LogP contribution in [0.3, 0.4) is 0 Å². The molecule has 0 aromatic carbocycles. The van der Waals surface area contributed by atoms with E-state index in [1.807, 2.05) is 0 Å². The van der Waals surface area contributed by atoms with Crippen LogP contribution in [-0.4, -0.2) is 24.0 Å². The van der Waals surface area contributed by atoms with Crippen molar-refractivity contribution in [2.75, 3.05) is 13.2 Å². The zero-order valence-electron chi connectivity index (χ0n) is 10.2. The molecule has 0 radical (unpaired) electrons. The maximum absolute atomic E-state index is 11.6. The summed E-state index contributed by atoms with van der Waals surface area (Å²) >= 11 is 0. The van der Waals surface area contributed by atoms with E-state index in [4.69, 9.17) is 4.74 Å². The first-order valence-electron chi connectivity index (χ1n) is 6.32. The molecule has 0 bridgehead atoms. The Labute approximate surface area is 101 Å². The van der Waals surface area contributed by atoms with Gasteiger partial charge in [-0.25, -0.2) is 0 Å². The van der Waals surface area contributed by atoms with E-state index < -0.39 is 5.41 Å². The highest BCUT2D eigenvalue weighted by Gasteiger charge is 2.52. The molecule has 2 saturated carbocycles. The number of hydrogen-bond acceptors (Lipinski definition) is 4. The summed E-state index contributed by atoms with van der Waals surface area (Å²) in [5.74, 6) is 0.949. The Morgan fingerprint density at radius 3 is 2.41 bits per heavy atom. The third kappa shape index (κ3) is 2.58. The maximum Gasteiger partial charge on any atom is 0.306 e. The Balaban J connectivity index is 2.02. The van der Waals surface area contributed by atoms with Gasteiger partial charge in [-0.1, -0.05) is 0 Å². The molecule has 3 atom stereocenters. The van der Waals surface area contributed by atoms with Gasteiger partial charge in [-0.2, -0.15) is 0 Å². The minimum Gasteiger partial charge on any atom is -0.466 e. The molecule has 0 aliphatic heterocycles. The van der Waals surface area contributed by atoms with Gasteiger partial charge in [0.05, 0.1) is 13.0 Å². The molecule has 0 aromatic heterocycles. The second-order valence-electron chi connectivity index (χ2n) is 5.48. The molecule has 17 heavy (non-hydrogen) atoms. The fraction of sp³-hybridized carbons (Fsp3) is 0.917. The Kier molecular flexibility index (Phi) is 3.35. The largest absolute Gasteiger partial charge is 0.466 e. The fourth-order valence-corrected chi connectivity index (χ4v) is 3.49. The first kappa shape index (κ1) is 12.3. The lowest BCUT2D eigenvalue weighted by Gasteiger charge is -2.29. The second-order valence-corrected chi connectivity index (χ2v) is 5.48. The van der Waals surface area contributed by atoms with Crippen molar-refractivity contribution in [2.45, 2.75) is 39.0 Å². The molecule has 0 N–H and O–H groups in total. The number of nitrogens with zero attached hydrogens (tertiary/aromatic N) is 1. The number of fused-ring (bicyclic) bond motifs is 1. The summed E-state index contributed by atoms with van der Waals surface area (Å²) in [6.45, 7) is 2.02. The lowest BCUT2D eigenvalue weighted by Crippen LogP contribution is -2.31. The number of carbonyl (C=O) groups excluding carboxylic acids is 1. The van der Waals surface area contributed by atoms with Crippen LogP contribution >= 0.6 is 0 Å². The smallest absolute Gasteiger partial charge is 0.306 e. The second kappa shape index (κ2) is 4.63. The summed E-state index contributed by atoms with van der Waals surface area (Å²) in [5, 5.41) is 10.8. The Hall–Kier alpha value is -1.13. The molecule has 0 unspecified atom stereocenters. The maximum atomic E-state index is 11.6. The van der Waals surface area contributed by atoms with Crippen LogP contribution in [0.4, 0.5) is 0 Å². The number of carbonyl (C=O) groups is 1. The highest BCUT2D eigenvalue weighted by Crippen LogP contribution is 2.56. The molecule has 0 amide bonds. The van der Waals surface area contributed by atoms with Crippen LogP contribution in [0.15, 0.2) is 0 Å². The predicted molar refractivity (Wildman–Crippen MR) is 61.0 cm³/mol. The zero-order valence-corrected chi connectivity index (χ0v) is 10.2. The summed E-state index contributed by atoms with van der Waals surface area (Å²) < 4.78 is 4.94. The van der Waals surface area contributed by atoms with Crippen molar-refractivity contribution >= 4 is 5.97 Å². The predicted octanol–water partition coefficient (Wildman–Crippen LogP) is 2.02. The van der Waals surface area contributed by atoms with E-state index in [-0.39, 0.29) is 23.9 Å². The van der Waals surface area contributed by atoms with Crippen LogP contribution in [0.1, 0.15) is 39.0 Å². The normalized spacial score (nSPS) is 34.9. The lowest BCUT2D eigenvalue weighted by molar-refractivity contribution is -0.497. The summed E-state index contributed by atoms with van der Waals surface area (Å²) in [4.78, 5) is 22.1. The average molecular weight is 241 g/mol.